The normalized spacial score (nSPS) is 14.3. The number of hydrogen-bond acceptors (Lipinski definition) is 3. The fourth-order valence-electron chi connectivity index (χ4n) is 1.91. The molecule has 0 aliphatic heterocycles. The van der Waals surface area contributed by atoms with Gasteiger partial charge in [-0.25, -0.2) is 0 Å². The molecule has 0 radical (unpaired) electrons. The molecule has 108 valence electrons. The van der Waals surface area contributed by atoms with E-state index in [0.717, 1.165) is 13.2 Å². The molecular formula is C16H27NO2. The van der Waals surface area contributed by atoms with Gasteiger partial charge in [0.2, 0.25) is 0 Å². The van der Waals surface area contributed by atoms with Crippen molar-refractivity contribution >= 4 is 0 Å². The zero-order valence-electron chi connectivity index (χ0n) is 12.6. The van der Waals surface area contributed by atoms with Crippen molar-refractivity contribution in [3.05, 3.63) is 35.4 Å². The SMILES string of the molecule is CCNC(COC(C)COCC)c1ccc(C)cc1. The van der Waals surface area contributed by atoms with E-state index in [-0.39, 0.29) is 12.1 Å². The van der Waals surface area contributed by atoms with Crippen molar-refractivity contribution in [3.63, 3.8) is 0 Å². The number of likely N-dealkylation sites (N-methyl/N-ethyl adjacent to an activating group) is 1. The zero-order valence-corrected chi connectivity index (χ0v) is 12.6. The summed E-state index contributed by atoms with van der Waals surface area (Å²) in [5, 5.41) is 3.46. The van der Waals surface area contributed by atoms with Gasteiger partial charge in [-0.05, 0) is 32.9 Å². The summed E-state index contributed by atoms with van der Waals surface area (Å²) in [6.45, 7) is 11.3. The molecule has 0 saturated heterocycles. The van der Waals surface area contributed by atoms with Gasteiger partial charge in [-0.1, -0.05) is 36.8 Å². The van der Waals surface area contributed by atoms with Gasteiger partial charge in [-0.2, -0.15) is 0 Å². The Morgan fingerprint density at radius 3 is 2.37 bits per heavy atom. The van der Waals surface area contributed by atoms with Crippen LogP contribution < -0.4 is 5.32 Å². The van der Waals surface area contributed by atoms with Gasteiger partial charge in [0, 0.05) is 6.61 Å². The average molecular weight is 265 g/mol. The molecule has 0 spiro atoms. The summed E-state index contributed by atoms with van der Waals surface area (Å²) >= 11 is 0. The van der Waals surface area contributed by atoms with Gasteiger partial charge < -0.3 is 14.8 Å². The van der Waals surface area contributed by atoms with E-state index in [1.165, 1.54) is 11.1 Å². The van der Waals surface area contributed by atoms with E-state index in [4.69, 9.17) is 9.47 Å². The molecule has 0 aromatic heterocycles. The number of rotatable bonds is 9. The first-order valence-electron chi connectivity index (χ1n) is 7.16. The van der Waals surface area contributed by atoms with Gasteiger partial charge in [0.15, 0.2) is 0 Å². The Labute approximate surface area is 117 Å². The number of hydrogen-bond donors (Lipinski definition) is 1. The fraction of sp³-hybridized carbons (Fsp3) is 0.625. The maximum atomic E-state index is 5.86. The van der Waals surface area contributed by atoms with Crippen LogP contribution in [-0.4, -0.2) is 32.5 Å². The molecule has 0 bridgehead atoms. The molecule has 0 saturated carbocycles. The first-order chi connectivity index (χ1) is 9.17. The van der Waals surface area contributed by atoms with Gasteiger partial charge >= 0.3 is 0 Å². The van der Waals surface area contributed by atoms with E-state index in [1.807, 2.05) is 13.8 Å². The third-order valence-corrected chi connectivity index (χ3v) is 3.03. The minimum Gasteiger partial charge on any atom is -0.379 e. The molecule has 1 N–H and O–H groups in total. The van der Waals surface area contributed by atoms with E-state index in [0.29, 0.717) is 13.2 Å². The van der Waals surface area contributed by atoms with Gasteiger partial charge in [0.25, 0.3) is 0 Å². The Hall–Kier alpha value is -0.900. The number of nitrogens with one attached hydrogen (secondary N) is 1. The standard InChI is InChI=1S/C16H27NO2/c1-5-17-16(12-19-14(4)11-18-6-2)15-9-7-13(3)8-10-15/h7-10,14,16-17H,5-6,11-12H2,1-4H3. The zero-order chi connectivity index (χ0) is 14.1. The highest BCUT2D eigenvalue weighted by molar-refractivity contribution is 5.24. The van der Waals surface area contributed by atoms with E-state index in [9.17, 15) is 0 Å². The molecule has 2 atom stereocenters. The summed E-state index contributed by atoms with van der Waals surface area (Å²) in [5.41, 5.74) is 2.56. The molecule has 0 fully saturated rings. The van der Waals surface area contributed by atoms with Crippen molar-refractivity contribution in [2.24, 2.45) is 0 Å². The molecule has 0 heterocycles. The van der Waals surface area contributed by atoms with E-state index in [1.54, 1.807) is 0 Å². The highest BCUT2D eigenvalue weighted by Crippen LogP contribution is 2.15. The summed E-state index contributed by atoms with van der Waals surface area (Å²) in [6.07, 6.45) is 0.131. The van der Waals surface area contributed by atoms with Crippen molar-refractivity contribution in [2.45, 2.75) is 39.8 Å². The summed E-state index contributed by atoms with van der Waals surface area (Å²) in [6, 6.07) is 8.86. The van der Waals surface area contributed by atoms with Crippen LogP contribution in [0.4, 0.5) is 0 Å². The van der Waals surface area contributed by atoms with E-state index < -0.39 is 0 Å². The van der Waals surface area contributed by atoms with Crippen LogP contribution in [0.25, 0.3) is 0 Å². The second kappa shape index (κ2) is 9.08. The van der Waals surface area contributed by atoms with Gasteiger partial charge in [-0.15, -0.1) is 0 Å². The molecule has 1 aromatic rings. The van der Waals surface area contributed by atoms with Crippen LogP contribution in [0.2, 0.25) is 0 Å². The van der Waals surface area contributed by atoms with Crippen molar-refractivity contribution in [1.82, 2.24) is 5.32 Å². The molecule has 0 amide bonds. The number of aryl methyl sites for hydroxylation is 1. The molecule has 1 aromatic carbocycles. The van der Waals surface area contributed by atoms with Crippen LogP contribution in [0, 0.1) is 6.92 Å². The molecule has 3 heteroatoms. The van der Waals surface area contributed by atoms with E-state index in [2.05, 4.69) is 43.4 Å². The number of benzene rings is 1. The Kier molecular flexibility index (Phi) is 7.72. The second-order valence-electron chi connectivity index (χ2n) is 4.82. The predicted octanol–water partition coefficient (Wildman–Crippen LogP) is 3.09. The second-order valence-corrected chi connectivity index (χ2v) is 4.82. The van der Waals surface area contributed by atoms with Gasteiger partial charge in [0.1, 0.15) is 0 Å². The predicted molar refractivity (Wildman–Crippen MR) is 79.5 cm³/mol. The Morgan fingerprint density at radius 2 is 1.79 bits per heavy atom. The third-order valence-electron chi connectivity index (χ3n) is 3.03. The highest BCUT2D eigenvalue weighted by atomic mass is 16.5. The smallest absolute Gasteiger partial charge is 0.0781 e. The van der Waals surface area contributed by atoms with Crippen molar-refractivity contribution in [3.8, 4) is 0 Å². The summed E-state index contributed by atoms with van der Waals surface area (Å²) in [4.78, 5) is 0. The molecule has 0 aliphatic carbocycles. The highest BCUT2D eigenvalue weighted by Gasteiger charge is 2.12. The molecular weight excluding hydrogens is 238 g/mol. The quantitative estimate of drug-likeness (QED) is 0.744. The van der Waals surface area contributed by atoms with Gasteiger partial charge in [0.05, 0.1) is 25.4 Å². The molecule has 19 heavy (non-hydrogen) atoms. The lowest BCUT2D eigenvalue weighted by Crippen LogP contribution is -2.28. The fourth-order valence-corrected chi connectivity index (χ4v) is 1.91. The maximum Gasteiger partial charge on any atom is 0.0781 e. The van der Waals surface area contributed by atoms with Crippen LogP contribution in [0.5, 0.6) is 0 Å². The lowest BCUT2D eigenvalue weighted by molar-refractivity contribution is -0.0115. The largest absolute Gasteiger partial charge is 0.379 e. The lowest BCUT2D eigenvalue weighted by atomic mass is 10.1. The van der Waals surface area contributed by atoms with E-state index >= 15 is 0 Å². The monoisotopic (exact) mass is 265 g/mol. The van der Waals surface area contributed by atoms with Crippen molar-refractivity contribution in [2.75, 3.05) is 26.4 Å². The van der Waals surface area contributed by atoms with Crippen LogP contribution in [-0.2, 0) is 9.47 Å². The van der Waals surface area contributed by atoms with Crippen LogP contribution in [0.15, 0.2) is 24.3 Å². The topological polar surface area (TPSA) is 30.5 Å². The molecule has 2 unspecified atom stereocenters. The first kappa shape index (κ1) is 16.2. The minimum absolute atomic E-state index is 0.131. The molecule has 0 aliphatic rings. The van der Waals surface area contributed by atoms with Crippen molar-refractivity contribution < 1.29 is 9.47 Å². The Morgan fingerprint density at radius 1 is 1.11 bits per heavy atom. The average Bonchev–Trinajstić information content (AvgIpc) is 2.42. The summed E-state index contributed by atoms with van der Waals surface area (Å²) in [5.74, 6) is 0. The maximum absolute atomic E-state index is 5.86. The van der Waals surface area contributed by atoms with Crippen LogP contribution in [0.3, 0.4) is 0 Å². The first-order valence-corrected chi connectivity index (χ1v) is 7.16. The lowest BCUT2D eigenvalue weighted by Gasteiger charge is -2.21. The summed E-state index contributed by atoms with van der Waals surface area (Å²) in [7, 11) is 0. The molecule has 3 nitrogen and oxygen atoms in total. The number of ether oxygens (including phenoxy) is 2. The Bertz CT molecular complexity index is 337. The third kappa shape index (κ3) is 6.19. The van der Waals surface area contributed by atoms with Crippen molar-refractivity contribution in [1.29, 1.82) is 0 Å². The minimum atomic E-state index is 0.131. The van der Waals surface area contributed by atoms with Gasteiger partial charge in [-0.3, -0.25) is 0 Å². The van der Waals surface area contributed by atoms with Crippen LogP contribution in [0.1, 0.15) is 37.9 Å². The molecule has 1 rings (SSSR count). The Balaban J connectivity index is 2.50. The summed E-state index contributed by atoms with van der Waals surface area (Å²) < 4.78 is 11.2. The van der Waals surface area contributed by atoms with Crippen LogP contribution >= 0.6 is 0 Å².